The molecule has 0 amide bonds. The van der Waals surface area contributed by atoms with Crippen LogP contribution in [0.25, 0.3) is 0 Å². The van der Waals surface area contributed by atoms with Gasteiger partial charge in [-0.15, -0.1) is 11.3 Å². The first kappa shape index (κ1) is 16.2. The van der Waals surface area contributed by atoms with Gasteiger partial charge in [0, 0.05) is 0 Å². The number of sulfonamides is 1. The van der Waals surface area contributed by atoms with Gasteiger partial charge in [0.1, 0.15) is 4.21 Å². The van der Waals surface area contributed by atoms with E-state index in [1.165, 1.54) is 6.07 Å². The summed E-state index contributed by atoms with van der Waals surface area (Å²) in [6.07, 6.45) is -5.30. The average Bonchev–Trinajstić information content (AvgIpc) is 2.62. The molecular weight excluding hydrogens is 331 g/mol. The Morgan fingerprint density at radius 3 is 2.26 bits per heavy atom. The second-order valence-electron chi connectivity index (χ2n) is 3.59. The Labute approximate surface area is 115 Å². The van der Waals surface area contributed by atoms with E-state index in [0.29, 0.717) is 11.3 Å². The molecule has 1 rings (SSSR count). The van der Waals surface area contributed by atoms with E-state index in [0.717, 1.165) is 10.8 Å². The molecule has 1 aromatic rings. The molecule has 0 fully saturated rings. The van der Waals surface area contributed by atoms with Crippen LogP contribution in [-0.4, -0.2) is 31.2 Å². The van der Waals surface area contributed by atoms with Crippen LogP contribution < -0.4 is 4.72 Å². The van der Waals surface area contributed by atoms with Crippen molar-refractivity contribution in [2.45, 2.75) is 22.8 Å². The fraction of sp³-hybridized carbons (Fsp3) is 0.375. The Morgan fingerprint density at radius 1 is 1.42 bits per heavy atom. The first-order chi connectivity index (χ1) is 8.40. The quantitative estimate of drug-likeness (QED) is 0.881. The molecule has 1 aromatic heterocycles. The SMILES string of the molecule is CC(NS(=O)(=O)c1ccc(Cl)s1)(C(=O)O)C(F)(F)F. The molecule has 5 nitrogen and oxygen atoms in total. The van der Waals surface area contributed by atoms with Gasteiger partial charge in [-0.1, -0.05) is 11.6 Å². The second-order valence-corrected chi connectivity index (χ2v) is 7.22. The summed E-state index contributed by atoms with van der Waals surface area (Å²) in [5, 5.41) is 8.61. The number of hydrogen-bond donors (Lipinski definition) is 2. The van der Waals surface area contributed by atoms with Gasteiger partial charge in [-0.25, -0.2) is 13.2 Å². The lowest BCUT2D eigenvalue weighted by Crippen LogP contribution is -2.61. The summed E-state index contributed by atoms with van der Waals surface area (Å²) < 4.78 is 62.1. The number of hydrogen-bond acceptors (Lipinski definition) is 4. The molecule has 0 radical (unpaired) electrons. The highest BCUT2D eigenvalue weighted by atomic mass is 35.5. The molecule has 108 valence electrons. The fourth-order valence-electron chi connectivity index (χ4n) is 0.984. The summed E-state index contributed by atoms with van der Waals surface area (Å²) in [5.41, 5.74) is -3.62. The number of carbonyl (C=O) groups is 1. The minimum absolute atomic E-state index is 0.0458. The van der Waals surface area contributed by atoms with E-state index in [-0.39, 0.29) is 11.3 Å². The maximum Gasteiger partial charge on any atom is 0.418 e. The van der Waals surface area contributed by atoms with E-state index in [1.807, 2.05) is 0 Å². The first-order valence-electron chi connectivity index (χ1n) is 4.49. The zero-order chi connectivity index (χ0) is 15.1. The van der Waals surface area contributed by atoms with Crippen LogP contribution in [0.1, 0.15) is 6.92 Å². The molecule has 19 heavy (non-hydrogen) atoms. The van der Waals surface area contributed by atoms with Crippen LogP contribution in [0.4, 0.5) is 13.2 Å². The third-order valence-corrected chi connectivity index (χ3v) is 5.42. The molecule has 0 aliphatic rings. The zero-order valence-electron chi connectivity index (χ0n) is 9.16. The van der Waals surface area contributed by atoms with Crippen molar-refractivity contribution in [2.24, 2.45) is 0 Å². The smallest absolute Gasteiger partial charge is 0.418 e. The van der Waals surface area contributed by atoms with Crippen molar-refractivity contribution in [3.05, 3.63) is 16.5 Å². The summed E-state index contributed by atoms with van der Waals surface area (Å²) in [4.78, 5) is 10.7. The van der Waals surface area contributed by atoms with Crippen LogP contribution in [0, 0.1) is 0 Å². The predicted molar refractivity (Wildman–Crippen MR) is 61.7 cm³/mol. The van der Waals surface area contributed by atoms with Gasteiger partial charge in [-0.05, 0) is 19.1 Å². The largest absolute Gasteiger partial charge is 0.480 e. The van der Waals surface area contributed by atoms with Gasteiger partial charge in [-0.3, -0.25) is 0 Å². The van der Waals surface area contributed by atoms with E-state index >= 15 is 0 Å². The predicted octanol–water partition coefficient (Wildman–Crippen LogP) is 2.09. The van der Waals surface area contributed by atoms with E-state index in [4.69, 9.17) is 16.7 Å². The highest BCUT2D eigenvalue weighted by molar-refractivity contribution is 7.91. The van der Waals surface area contributed by atoms with Crippen LogP contribution in [0.3, 0.4) is 0 Å². The van der Waals surface area contributed by atoms with Gasteiger partial charge in [0.25, 0.3) is 10.0 Å². The van der Waals surface area contributed by atoms with Gasteiger partial charge in [-0.2, -0.15) is 17.9 Å². The molecule has 0 aliphatic heterocycles. The lowest BCUT2D eigenvalue weighted by Gasteiger charge is -2.27. The van der Waals surface area contributed by atoms with Crippen LogP contribution in [0.15, 0.2) is 16.3 Å². The van der Waals surface area contributed by atoms with Crippen LogP contribution in [0.2, 0.25) is 4.34 Å². The molecule has 0 spiro atoms. The Hall–Kier alpha value is -0.840. The number of carboxylic acids is 1. The summed E-state index contributed by atoms with van der Waals surface area (Å²) in [6.45, 7) is 0.224. The van der Waals surface area contributed by atoms with Gasteiger partial charge in [0.2, 0.25) is 5.54 Å². The normalized spacial score (nSPS) is 16.1. The van der Waals surface area contributed by atoms with E-state index < -0.39 is 31.9 Å². The van der Waals surface area contributed by atoms with E-state index in [2.05, 4.69) is 0 Å². The lowest BCUT2D eigenvalue weighted by atomic mass is 10.0. The third kappa shape index (κ3) is 3.19. The zero-order valence-corrected chi connectivity index (χ0v) is 11.5. The fourth-order valence-corrected chi connectivity index (χ4v) is 3.82. The third-order valence-electron chi connectivity index (χ3n) is 2.15. The van der Waals surface area contributed by atoms with Crippen LogP contribution >= 0.6 is 22.9 Å². The van der Waals surface area contributed by atoms with Gasteiger partial charge in [0.05, 0.1) is 4.34 Å². The molecule has 11 heteroatoms. The minimum atomic E-state index is -5.30. The van der Waals surface area contributed by atoms with E-state index in [1.54, 1.807) is 0 Å². The molecule has 0 aromatic carbocycles. The monoisotopic (exact) mass is 337 g/mol. The van der Waals surface area contributed by atoms with Crippen molar-refractivity contribution in [3.8, 4) is 0 Å². The van der Waals surface area contributed by atoms with Gasteiger partial charge >= 0.3 is 12.1 Å². The molecule has 0 bridgehead atoms. The first-order valence-corrected chi connectivity index (χ1v) is 7.17. The number of thiophene rings is 1. The number of alkyl halides is 3. The molecule has 1 unspecified atom stereocenters. The van der Waals surface area contributed by atoms with E-state index in [9.17, 15) is 26.4 Å². The molecule has 1 heterocycles. The number of halogens is 4. The Balaban J connectivity index is 3.22. The molecule has 0 saturated carbocycles. The number of nitrogens with one attached hydrogen (secondary N) is 1. The summed E-state index contributed by atoms with van der Waals surface area (Å²) in [6, 6.07) is 2.15. The highest BCUT2D eigenvalue weighted by Crippen LogP contribution is 2.33. The van der Waals surface area contributed by atoms with Crippen molar-refractivity contribution < 1.29 is 31.5 Å². The molecule has 0 aliphatic carbocycles. The Morgan fingerprint density at radius 2 is 1.95 bits per heavy atom. The maximum absolute atomic E-state index is 12.7. The maximum atomic E-state index is 12.7. The lowest BCUT2D eigenvalue weighted by molar-refractivity contribution is -0.201. The van der Waals surface area contributed by atoms with Crippen molar-refractivity contribution >= 4 is 38.9 Å². The standard InChI is InChI=1S/C8H7ClF3NO4S2/c1-7(6(14)15,8(10,11)12)13-19(16,17)5-3-2-4(9)18-5/h2-3,13H,1H3,(H,14,15). The Bertz CT molecular complexity index is 597. The van der Waals surface area contributed by atoms with Crippen LogP contribution in [0.5, 0.6) is 0 Å². The second kappa shape index (κ2) is 4.93. The topological polar surface area (TPSA) is 83.5 Å². The number of rotatable bonds is 4. The minimum Gasteiger partial charge on any atom is -0.480 e. The van der Waals surface area contributed by atoms with Crippen molar-refractivity contribution in [1.82, 2.24) is 4.72 Å². The van der Waals surface area contributed by atoms with Crippen molar-refractivity contribution in [2.75, 3.05) is 0 Å². The van der Waals surface area contributed by atoms with Crippen LogP contribution in [-0.2, 0) is 14.8 Å². The molecule has 2 N–H and O–H groups in total. The molecule has 1 atom stereocenters. The summed E-state index contributed by atoms with van der Waals surface area (Å²) in [7, 11) is -4.64. The average molecular weight is 338 g/mol. The van der Waals surface area contributed by atoms with Crippen molar-refractivity contribution in [1.29, 1.82) is 0 Å². The molecular formula is C8H7ClF3NO4S2. The Kier molecular flexibility index (Phi) is 4.20. The van der Waals surface area contributed by atoms with Crippen molar-refractivity contribution in [3.63, 3.8) is 0 Å². The summed E-state index contributed by atoms with van der Waals surface area (Å²) in [5.74, 6) is -2.36. The van der Waals surface area contributed by atoms with Gasteiger partial charge < -0.3 is 5.11 Å². The molecule has 0 saturated heterocycles. The number of carboxylic acid groups (broad SMARTS) is 1. The highest BCUT2D eigenvalue weighted by Gasteiger charge is 2.59. The van der Waals surface area contributed by atoms with Gasteiger partial charge in [0.15, 0.2) is 0 Å². The number of aliphatic carboxylic acids is 1. The summed E-state index contributed by atoms with van der Waals surface area (Å²) >= 11 is 5.99.